The molecule has 0 aliphatic heterocycles. The molecular formula is C20H26O. The van der Waals surface area contributed by atoms with Crippen molar-refractivity contribution in [3.05, 3.63) is 77.8 Å². The zero-order chi connectivity index (χ0) is 15.5. The molecule has 0 N–H and O–H groups in total. The number of ether oxygens (including phenoxy) is 1. The Morgan fingerprint density at radius 3 is 2.29 bits per heavy atom. The summed E-state index contributed by atoms with van der Waals surface area (Å²) >= 11 is 0. The fourth-order valence-corrected chi connectivity index (χ4v) is 1.81. The first-order valence-electron chi connectivity index (χ1n) is 7.44. The van der Waals surface area contributed by atoms with Gasteiger partial charge in [0.25, 0.3) is 0 Å². The summed E-state index contributed by atoms with van der Waals surface area (Å²) < 4.78 is 5.47. The van der Waals surface area contributed by atoms with Crippen molar-refractivity contribution in [2.45, 2.75) is 40.5 Å². The molecule has 0 radical (unpaired) electrons. The van der Waals surface area contributed by atoms with Crippen LogP contribution in [0.2, 0.25) is 0 Å². The molecule has 1 nitrogen and oxygen atoms in total. The quantitative estimate of drug-likeness (QED) is 0.248. The highest BCUT2D eigenvalue weighted by Crippen LogP contribution is 2.12. The Balaban J connectivity index is 2.40. The maximum atomic E-state index is 5.47. The lowest BCUT2D eigenvalue weighted by atomic mass is 10.1. The molecular weight excluding hydrogens is 256 g/mol. The molecule has 1 heteroatoms. The fourth-order valence-electron chi connectivity index (χ4n) is 1.81. The second kappa shape index (κ2) is 9.82. The molecule has 0 heterocycles. The van der Waals surface area contributed by atoms with Gasteiger partial charge in [-0.15, -0.1) is 0 Å². The number of unbranched alkanes of at least 4 members (excludes halogenated alkanes) is 1. The Labute approximate surface area is 129 Å². The second-order valence-corrected chi connectivity index (χ2v) is 5.41. The molecule has 1 aromatic rings. The lowest BCUT2D eigenvalue weighted by molar-refractivity contribution is 0.404. The third-order valence-electron chi connectivity index (χ3n) is 3.07. The molecule has 0 saturated carbocycles. The molecule has 21 heavy (non-hydrogen) atoms. The van der Waals surface area contributed by atoms with Crippen LogP contribution in [0.1, 0.15) is 46.1 Å². The third-order valence-corrected chi connectivity index (χ3v) is 3.07. The monoisotopic (exact) mass is 282 g/mol. The SMILES string of the molecule is CC(C)=CCC/C=C(C)/C=C\O/C=C(\C)c1ccccc1. The van der Waals surface area contributed by atoms with E-state index >= 15 is 0 Å². The zero-order valence-electron chi connectivity index (χ0n) is 13.6. The van der Waals surface area contributed by atoms with E-state index in [1.54, 1.807) is 12.5 Å². The van der Waals surface area contributed by atoms with Crippen LogP contribution in [0.5, 0.6) is 0 Å². The Morgan fingerprint density at radius 2 is 1.62 bits per heavy atom. The molecule has 0 aromatic heterocycles. The summed E-state index contributed by atoms with van der Waals surface area (Å²) in [6, 6.07) is 10.2. The van der Waals surface area contributed by atoms with E-state index in [9.17, 15) is 0 Å². The van der Waals surface area contributed by atoms with Crippen LogP contribution in [0, 0.1) is 0 Å². The minimum atomic E-state index is 1.07. The zero-order valence-corrected chi connectivity index (χ0v) is 13.6. The van der Waals surface area contributed by atoms with Crippen LogP contribution in [0.4, 0.5) is 0 Å². The lowest BCUT2D eigenvalue weighted by Crippen LogP contribution is -1.79. The van der Waals surface area contributed by atoms with Gasteiger partial charge in [-0.05, 0) is 57.7 Å². The topological polar surface area (TPSA) is 9.23 Å². The first kappa shape index (κ1) is 17.0. The Bertz CT molecular complexity index is 526. The average Bonchev–Trinajstić information content (AvgIpc) is 2.48. The number of benzene rings is 1. The van der Waals surface area contributed by atoms with Crippen LogP contribution >= 0.6 is 0 Å². The van der Waals surface area contributed by atoms with Crippen LogP contribution in [-0.2, 0) is 4.74 Å². The molecule has 1 aromatic carbocycles. The highest BCUT2D eigenvalue weighted by atomic mass is 16.5. The largest absolute Gasteiger partial charge is 0.472 e. The van der Waals surface area contributed by atoms with E-state index in [2.05, 4.69) is 45.1 Å². The smallest absolute Gasteiger partial charge is 0.0936 e. The fraction of sp³-hybridized carbons (Fsp3) is 0.300. The molecule has 112 valence electrons. The van der Waals surface area contributed by atoms with E-state index < -0.39 is 0 Å². The van der Waals surface area contributed by atoms with Crippen molar-refractivity contribution >= 4 is 5.57 Å². The minimum absolute atomic E-state index is 1.07. The Hall–Kier alpha value is -2.02. The van der Waals surface area contributed by atoms with Crippen LogP contribution in [0.3, 0.4) is 0 Å². The molecule has 0 fully saturated rings. The molecule has 0 bridgehead atoms. The first-order valence-corrected chi connectivity index (χ1v) is 7.44. The van der Waals surface area contributed by atoms with E-state index in [-0.39, 0.29) is 0 Å². The highest BCUT2D eigenvalue weighted by Gasteiger charge is 1.92. The average molecular weight is 282 g/mol. The summed E-state index contributed by atoms with van der Waals surface area (Å²) in [6.45, 7) is 8.40. The number of hydrogen-bond donors (Lipinski definition) is 0. The summed E-state index contributed by atoms with van der Waals surface area (Å²) in [5.41, 5.74) is 4.90. The summed E-state index contributed by atoms with van der Waals surface area (Å²) in [5, 5.41) is 0. The van der Waals surface area contributed by atoms with Crippen molar-refractivity contribution in [1.29, 1.82) is 0 Å². The van der Waals surface area contributed by atoms with Gasteiger partial charge in [-0.3, -0.25) is 0 Å². The van der Waals surface area contributed by atoms with E-state index in [1.165, 1.54) is 16.7 Å². The summed E-state index contributed by atoms with van der Waals surface area (Å²) in [5.74, 6) is 0. The Kier molecular flexibility index (Phi) is 7.96. The van der Waals surface area contributed by atoms with Crippen molar-refractivity contribution in [2.24, 2.45) is 0 Å². The van der Waals surface area contributed by atoms with Crippen molar-refractivity contribution in [3.63, 3.8) is 0 Å². The van der Waals surface area contributed by atoms with Crippen molar-refractivity contribution in [3.8, 4) is 0 Å². The van der Waals surface area contributed by atoms with Gasteiger partial charge in [-0.1, -0.05) is 53.6 Å². The molecule has 0 unspecified atom stereocenters. The maximum absolute atomic E-state index is 5.47. The van der Waals surface area contributed by atoms with E-state index in [1.807, 2.05) is 31.2 Å². The van der Waals surface area contributed by atoms with Crippen molar-refractivity contribution in [2.75, 3.05) is 0 Å². The molecule has 0 aliphatic rings. The number of hydrogen-bond acceptors (Lipinski definition) is 1. The number of rotatable bonds is 7. The van der Waals surface area contributed by atoms with Crippen LogP contribution in [0.25, 0.3) is 5.57 Å². The third kappa shape index (κ3) is 7.98. The summed E-state index contributed by atoms with van der Waals surface area (Å²) in [6.07, 6.45) is 12.2. The Morgan fingerprint density at radius 1 is 0.952 bits per heavy atom. The van der Waals surface area contributed by atoms with Crippen molar-refractivity contribution < 1.29 is 4.74 Å². The van der Waals surface area contributed by atoms with Gasteiger partial charge < -0.3 is 4.74 Å². The normalized spacial score (nSPS) is 12.6. The van der Waals surface area contributed by atoms with Gasteiger partial charge in [0.1, 0.15) is 0 Å². The van der Waals surface area contributed by atoms with Gasteiger partial charge in [-0.25, -0.2) is 0 Å². The van der Waals surface area contributed by atoms with Crippen LogP contribution in [0.15, 0.2) is 72.2 Å². The number of allylic oxidation sites excluding steroid dienone is 6. The van der Waals surface area contributed by atoms with Crippen LogP contribution in [-0.4, -0.2) is 0 Å². The van der Waals surface area contributed by atoms with Gasteiger partial charge >= 0.3 is 0 Å². The molecule has 0 saturated heterocycles. The standard InChI is InChI=1S/C20H26O/c1-17(2)10-8-9-11-18(3)14-15-21-16-19(4)20-12-6-5-7-13-20/h5-7,10-16H,8-9H2,1-4H3/b15-14-,18-11+,19-16+. The highest BCUT2D eigenvalue weighted by molar-refractivity contribution is 5.62. The van der Waals surface area contributed by atoms with E-state index in [4.69, 9.17) is 4.74 Å². The summed E-state index contributed by atoms with van der Waals surface area (Å²) in [7, 11) is 0. The predicted octanol–water partition coefficient (Wildman–Crippen LogP) is 6.27. The van der Waals surface area contributed by atoms with Gasteiger partial charge in [-0.2, -0.15) is 0 Å². The lowest BCUT2D eigenvalue weighted by Gasteiger charge is -2.00. The van der Waals surface area contributed by atoms with Crippen LogP contribution < -0.4 is 0 Å². The summed E-state index contributed by atoms with van der Waals surface area (Å²) in [4.78, 5) is 0. The van der Waals surface area contributed by atoms with Gasteiger partial charge in [0.05, 0.1) is 12.5 Å². The molecule has 0 atom stereocenters. The minimum Gasteiger partial charge on any atom is -0.472 e. The molecule has 1 rings (SSSR count). The van der Waals surface area contributed by atoms with E-state index in [0.717, 1.165) is 18.4 Å². The van der Waals surface area contributed by atoms with E-state index in [0.29, 0.717) is 0 Å². The van der Waals surface area contributed by atoms with Gasteiger partial charge in [0.2, 0.25) is 0 Å². The first-order chi connectivity index (χ1) is 10.1. The van der Waals surface area contributed by atoms with Crippen molar-refractivity contribution in [1.82, 2.24) is 0 Å². The van der Waals surface area contributed by atoms with Gasteiger partial charge in [0.15, 0.2) is 0 Å². The molecule has 0 amide bonds. The second-order valence-electron chi connectivity index (χ2n) is 5.41. The molecule has 0 aliphatic carbocycles. The predicted molar refractivity (Wildman–Crippen MR) is 92.7 cm³/mol. The molecule has 0 spiro atoms. The van der Waals surface area contributed by atoms with Gasteiger partial charge in [0, 0.05) is 0 Å². The maximum Gasteiger partial charge on any atom is 0.0936 e.